The standard InChI is InChI=1S/C22H17FN2O4.C12H25NO.C11H14N2O2.C9H17N3O4.3C2H6/c1-9-10-3-2-4-11-13-7-25-17(19(13)24-16(18(10)11)6-15(9)23)5-12-14(21(25)27)8-29-22(28)20(12)26;1-10(2)13(11(3,4)5)9-8-12(6,7)14;1-8(14)13-10(11(12)15)7-9-5-3-2-4-6-9;1-3-9(15)12(6-8(10)14)4-5-16-11-7(2)13;3*1-2/h5-6,20,26H,2-4,7-8H2,1H3;14H,1,8-9H2,2-7H3;2-6,10H,7H2,1H3,(H2,12,15)(H,13,14);3-6H2,1-2H3,(H2,10,14)(H,11,13);3*1-2H3. The lowest BCUT2D eigenvalue weighted by atomic mass is 9.85. The van der Waals surface area contributed by atoms with Gasteiger partial charge < -0.3 is 46.1 Å². The number of nitrogens with one attached hydrogen (secondary N) is 2. The van der Waals surface area contributed by atoms with Crippen molar-refractivity contribution in [3.8, 4) is 11.4 Å². The molecule has 0 bridgehead atoms. The monoisotopic (exact) mass is 1120 g/mol. The SMILES string of the molecule is C=C(C)N(CCC(C)(C)O)C(C)(C)C.CC.CC.CC.CC(=O)NC(Cc1ccccc1)C(N)=O.CCC(=O)N(CCONC(C)=O)CC(N)=O.Cc1c(F)cc2nc3c(c4c2c1CCC4)Cn1c-3cc2c(c1=O)COC(=O)C2O. The van der Waals surface area contributed by atoms with Crippen molar-refractivity contribution in [3.05, 3.63) is 110 Å². The lowest BCUT2D eigenvalue weighted by molar-refractivity contribution is -0.157. The summed E-state index contributed by atoms with van der Waals surface area (Å²) >= 11 is 0. The highest BCUT2D eigenvalue weighted by molar-refractivity contribution is 5.92. The number of allylic oxidation sites excluding steroid dienone is 1. The number of aliphatic hydroxyl groups is 2. The highest BCUT2D eigenvalue weighted by Crippen LogP contribution is 2.42. The highest BCUT2D eigenvalue weighted by Gasteiger charge is 2.36. The van der Waals surface area contributed by atoms with Crippen molar-refractivity contribution in [2.24, 2.45) is 11.5 Å². The zero-order chi connectivity index (χ0) is 61.4. The van der Waals surface area contributed by atoms with Crippen LogP contribution in [0.1, 0.15) is 168 Å². The second-order valence-electron chi connectivity index (χ2n) is 20.1. The van der Waals surface area contributed by atoms with Crippen LogP contribution in [0.15, 0.2) is 59.5 Å². The first-order valence-electron chi connectivity index (χ1n) is 27.5. The molecule has 8 N–H and O–H groups in total. The number of aromatic nitrogens is 2. The Bertz CT molecular complexity index is 2800. The first-order valence-corrected chi connectivity index (χ1v) is 27.5. The lowest BCUT2D eigenvalue weighted by Crippen LogP contribution is -2.44. The van der Waals surface area contributed by atoms with E-state index in [2.05, 4.69) is 43.0 Å². The summed E-state index contributed by atoms with van der Waals surface area (Å²) in [7, 11) is 0. The van der Waals surface area contributed by atoms with Gasteiger partial charge in [0.05, 0.1) is 47.8 Å². The fourth-order valence-electron chi connectivity index (χ4n) is 8.88. The normalized spacial score (nSPS) is 13.5. The Labute approximate surface area is 472 Å². The Hall–Kier alpha value is -7.03. The number of fused-ring (bicyclic) bond motifs is 5. The number of amides is 5. The smallest absolute Gasteiger partial charge is 0.340 e. The molecule has 2 aliphatic heterocycles. The van der Waals surface area contributed by atoms with Crippen molar-refractivity contribution in [1.82, 2.24) is 30.1 Å². The van der Waals surface area contributed by atoms with Crippen LogP contribution >= 0.6 is 0 Å². The van der Waals surface area contributed by atoms with Gasteiger partial charge in [0.1, 0.15) is 18.5 Å². The predicted molar refractivity (Wildman–Crippen MR) is 311 cm³/mol. The molecule has 0 saturated carbocycles. The predicted octanol–water partition coefficient (Wildman–Crippen LogP) is 7.31. The Morgan fingerprint density at radius 2 is 1.51 bits per heavy atom. The Kier molecular flexibility index (Phi) is 29.8. The van der Waals surface area contributed by atoms with Crippen LogP contribution in [0.2, 0.25) is 0 Å². The molecule has 444 valence electrons. The topological polar surface area (TPSA) is 279 Å². The van der Waals surface area contributed by atoms with Crippen molar-refractivity contribution >= 4 is 46.4 Å². The molecule has 4 heterocycles. The molecule has 0 saturated heterocycles. The molecule has 4 aromatic rings. The lowest BCUT2D eigenvalue weighted by Gasteiger charge is -2.39. The van der Waals surface area contributed by atoms with E-state index in [1.165, 1.54) is 24.8 Å². The van der Waals surface area contributed by atoms with Crippen molar-refractivity contribution in [2.75, 3.05) is 26.2 Å². The summed E-state index contributed by atoms with van der Waals surface area (Å²) in [5.41, 5.74) is 19.7. The van der Waals surface area contributed by atoms with Crippen LogP contribution in [0.25, 0.3) is 22.3 Å². The molecule has 3 aliphatic rings. The Balaban J connectivity index is 0.000000547. The number of hydroxylamine groups is 1. The second kappa shape index (κ2) is 33.5. The summed E-state index contributed by atoms with van der Waals surface area (Å²) in [6.45, 7) is 35.6. The van der Waals surface area contributed by atoms with Gasteiger partial charge in [0.15, 0.2) is 6.10 Å². The van der Waals surface area contributed by atoms with E-state index in [1.54, 1.807) is 24.5 Å². The third-order valence-electron chi connectivity index (χ3n) is 12.4. The van der Waals surface area contributed by atoms with Gasteiger partial charge in [-0.05, 0) is 102 Å². The number of halogens is 1. The molecule has 2 aromatic heterocycles. The number of primary amides is 2. The average Bonchev–Trinajstić information content (AvgIpc) is 3.88. The minimum atomic E-state index is -1.48. The Morgan fingerprint density at radius 1 is 0.912 bits per heavy atom. The number of cyclic esters (lactones) is 1. The van der Waals surface area contributed by atoms with Crippen molar-refractivity contribution in [2.45, 2.75) is 186 Å². The van der Waals surface area contributed by atoms with Crippen LogP contribution in [0.5, 0.6) is 0 Å². The maximum atomic E-state index is 14.5. The van der Waals surface area contributed by atoms with E-state index in [-0.39, 0.29) is 72.9 Å². The fraction of sp³-hybridized carbons (Fsp3) is 0.533. The first-order chi connectivity index (χ1) is 37.6. The number of pyridine rings is 2. The molecule has 19 nitrogen and oxygen atoms in total. The molecule has 0 radical (unpaired) electrons. The molecule has 80 heavy (non-hydrogen) atoms. The first kappa shape index (κ1) is 71.0. The summed E-state index contributed by atoms with van der Waals surface area (Å²) in [6.07, 6.45) is 2.59. The quantitative estimate of drug-likeness (QED) is 0.0341. The number of ether oxygens (including phenoxy) is 1. The van der Waals surface area contributed by atoms with Gasteiger partial charge in [-0.3, -0.25) is 33.6 Å². The van der Waals surface area contributed by atoms with E-state index in [9.17, 15) is 48.2 Å². The van der Waals surface area contributed by atoms with E-state index in [0.717, 1.165) is 65.6 Å². The van der Waals surface area contributed by atoms with Gasteiger partial charge in [-0.25, -0.2) is 19.6 Å². The maximum Gasteiger partial charge on any atom is 0.340 e. The van der Waals surface area contributed by atoms with Gasteiger partial charge in [-0.2, -0.15) is 0 Å². The molecule has 2 aromatic carbocycles. The number of hydrogen-bond donors (Lipinski definition) is 6. The van der Waals surface area contributed by atoms with E-state index < -0.39 is 35.5 Å². The number of aliphatic hydroxyl groups excluding tert-OH is 1. The van der Waals surface area contributed by atoms with Crippen LogP contribution in [0.3, 0.4) is 0 Å². The molecule has 20 heteroatoms. The van der Waals surface area contributed by atoms with E-state index in [0.29, 0.717) is 41.0 Å². The largest absolute Gasteiger partial charge is 0.458 e. The fourth-order valence-corrected chi connectivity index (χ4v) is 8.88. The number of benzene rings is 2. The summed E-state index contributed by atoms with van der Waals surface area (Å²) in [5.74, 6) is -2.91. The summed E-state index contributed by atoms with van der Waals surface area (Å²) < 4.78 is 21.1. The van der Waals surface area contributed by atoms with Crippen LogP contribution < -0.4 is 27.8 Å². The maximum absolute atomic E-state index is 14.5. The number of aryl methyl sites for hydroxylation is 2. The van der Waals surface area contributed by atoms with Crippen LogP contribution in [0, 0.1) is 12.7 Å². The van der Waals surface area contributed by atoms with Gasteiger partial charge >= 0.3 is 5.97 Å². The summed E-state index contributed by atoms with van der Waals surface area (Å²) in [4.78, 5) is 92.2. The third-order valence-corrected chi connectivity index (χ3v) is 12.4. The number of carbonyl (C=O) groups excluding carboxylic acids is 6. The minimum absolute atomic E-state index is 0.0804. The number of nitrogens with zero attached hydrogens (tertiary/aromatic N) is 4. The van der Waals surface area contributed by atoms with E-state index in [4.69, 9.17) is 26.0 Å². The average molecular weight is 1120 g/mol. The van der Waals surface area contributed by atoms with E-state index in [1.807, 2.05) is 92.6 Å². The van der Waals surface area contributed by atoms with Gasteiger partial charge in [-0.1, -0.05) is 85.4 Å². The zero-order valence-corrected chi connectivity index (χ0v) is 50.3. The Morgan fingerprint density at radius 3 is 2.02 bits per heavy atom. The molecule has 2 unspecified atom stereocenters. The molecule has 7 rings (SSSR count). The zero-order valence-electron chi connectivity index (χ0n) is 50.3. The number of nitrogens with two attached hydrogens (primary N) is 2. The highest BCUT2D eigenvalue weighted by atomic mass is 19.1. The number of rotatable bonds is 15. The molecule has 0 fully saturated rings. The molecule has 2 atom stereocenters. The van der Waals surface area contributed by atoms with Crippen molar-refractivity contribution in [1.29, 1.82) is 0 Å². The number of hydrogen-bond acceptors (Lipinski definition) is 13. The third kappa shape index (κ3) is 20.9. The molecule has 5 amide bonds. The van der Waals surface area contributed by atoms with Gasteiger partial charge in [-0.15, -0.1) is 0 Å². The van der Waals surface area contributed by atoms with Gasteiger partial charge in [0.2, 0.25) is 29.5 Å². The molecular weight excluding hydrogens is 1030 g/mol. The van der Waals surface area contributed by atoms with Gasteiger partial charge in [0.25, 0.3) is 5.56 Å². The minimum Gasteiger partial charge on any atom is -0.458 e. The summed E-state index contributed by atoms with van der Waals surface area (Å²) in [6, 6.07) is 11.9. The van der Waals surface area contributed by atoms with Gasteiger partial charge in [0, 0.05) is 73.6 Å². The van der Waals surface area contributed by atoms with Crippen LogP contribution in [0.4, 0.5) is 4.39 Å². The number of esters is 1. The van der Waals surface area contributed by atoms with Crippen LogP contribution in [-0.4, -0.2) is 108 Å². The molecular formula is C60H91FN8O11. The van der Waals surface area contributed by atoms with Crippen molar-refractivity contribution in [3.63, 3.8) is 0 Å². The molecule has 1 aliphatic carbocycles. The van der Waals surface area contributed by atoms with Crippen LogP contribution in [-0.2, 0) is 70.8 Å². The second-order valence-corrected chi connectivity index (χ2v) is 20.1. The van der Waals surface area contributed by atoms with Crippen molar-refractivity contribution < 1.29 is 52.9 Å². The summed E-state index contributed by atoms with van der Waals surface area (Å²) in [5, 5.41) is 23.4. The number of carbonyl (C=O) groups is 6. The van der Waals surface area contributed by atoms with E-state index >= 15 is 0 Å². The molecule has 0 spiro atoms.